The first-order chi connectivity index (χ1) is 15.8. The van der Waals surface area contributed by atoms with Crippen molar-refractivity contribution < 1.29 is 23.5 Å². The van der Waals surface area contributed by atoms with Gasteiger partial charge in [0.05, 0.1) is 24.1 Å². The van der Waals surface area contributed by atoms with E-state index in [1.54, 1.807) is 42.7 Å². The number of hydrogen-bond donors (Lipinski definition) is 2. The molecular formula is C24H23FN4O4. The molecule has 2 aromatic carbocycles. The fraction of sp³-hybridized carbons (Fsp3) is 0.167. The normalized spacial score (nSPS) is 10.8. The average molecular weight is 450 g/mol. The van der Waals surface area contributed by atoms with Gasteiger partial charge < -0.3 is 14.6 Å². The van der Waals surface area contributed by atoms with Crippen LogP contribution in [-0.4, -0.2) is 35.2 Å². The van der Waals surface area contributed by atoms with Crippen LogP contribution in [0, 0.1) is 19.7 Å². The first-order valence-corrected chi connectivity index (χ1v) is 10.2. The van der Waals surface area contributed by atoms with Crippen LogP contribution in [0.5, 0.6) is 0 Å². The second-order valence-electron chi connectivity index (χ2n) is 7.06. The van der Waals surface area contributed by atoms with Gasteiger partial charge in [-0.2, -0.15) is 5.10 Å². The van der Waals surface area contributed by atoms with Crippen molar-refractivity contribution >= 4 is 29.7 Å². The van der Waals surface area contributed by atoms with Crippen LogP contribution >= 0.6 is 0 Å². The fourth-order valence-corrected chi connectivity index (χ4v) is 3.23. The number of nitrogens with zero attached hydrogens (tertiary/aromatic N) is 2. The molecule has 1 heterocycles. The number of anilines is 1. The molecule has 0 aliphatic heterocycles. The van der Waals surface area contributed by atoms with E-state index < -0.39 is 17.8 Å². The molecule has 2 N–H and O–H groups in total. The van der Waals surface area contributed by atoms with E-state index in [4.69, 9.17) is 4.74 Å². The lowest BCUT2D eigenvalue weighted by Gasteiger charge is -2.10. The Kier molecular flexibility index (Phi) is 7.34. The predicted molar refractivity (Wildman–Crippen MR) is 122 cm³/mol. The van der Waals surface area contributed by atoms with E-state index in [1.165, 1.54) is 36.5 Å². The van der Waals surface area contributed by atoms with Gasteiger partial charge in [-0.25, -0.2) is 14.6 Å². The third-order valence-electron chi connectivity index (χ3n) is 4.79. The number of hydrazone groups is 1. The van der Waals surface area contributed by atoms with Crippen LogP contribution in [0.4, 0.5) is 10.1 Å². The zero-order valence-electron chi connectivity index (χ0n) is 18.4. The molecule has 9 heteroatoms. The molecule has 0 unspecified atom stereocenters. The number of rotatable bonds is 6. The number of carbonyl (C=O) groups excluding carboxylic acids is 3. The highest BCUT2D eigenvalue weighted by molar-refractivity contribution is 6.39. The van der Waals surface area contributed by atoms with Crippen molar-refractivity contribution in [2.45, 2.75) is 20.8 Å². The lowest BCUT2D eigenvalue weighted by Crippen LogP contribution is -2.32. The summed E-state index contributed by atoms with van der Waals surface area (Å²) in [6.45, 7) is 5.59. The summed E-state index contributed by atoms with van der Waals surface area (Å²) in [5.41, 5.74) is 5.41. The maximum Gasteiger partial charge on any atom is 0.338 e. The number of carbonyl (C=O) groups is 3. The lowest BCUT2D eigenvalue weighted by molar-refractivity contribution is -0.136. The molecule has 0 saturated heterocycles. The van der Waals surface area contributed by atoms with E-state index in [1.807, 2.05) is 6.92 Å². The predicted octanol–water partition coefficient (Wildman–Crippen LogP) is 3.50. The van der Waals surface area contributed by atoms with Crippen molar-refractivity contribution in [3.8, 4) is 5.69 Å². The van der Waals surface area contributed by atoms with Gasteiger partial charge in [0.25, 0.3) is 0 Å². The SMILES string of the molecule is CCOC(=O)c1ccc(NC(=O)C(=O)N/N=C\c2cc(C)n(-c3ccccc3F)c2C)cc1. The number of para-hydroxylation sites is 1. The Labute approximate surface area is 190 Å². The largest absolute Gasteiger partial charge is 0.462 e. The molecule has 8 nitrogen and oxygen atoms in total. The number of ether oxygens (including phenoxy) is 1. The van der Waals surface area contributed by atoms with E-state index in [9.17, 15) is 18.8 Å². The van der Waals surface area contributed by atoms with Crippen LogP contribution in [0.15, 0.2) is 59.7 Å². The van der Waals surface area contributed by atoms with E-state index in [0.717, 1.165) is 11.4 Å². The summed E-state index contributed by atoms with van der Waals surface area (Å²) in [7, 11) is 0. The van der Waals surface area contributed by atoms with Crippen molar-refractivity contribution in [3.05, 3.63) is 82.9 Å². The molecule has 0 aliphatic rings. The number of aromatic nitrogens is 1. The second kappa shape index (κ2) is 10.4. The third-order valence-corrected chi connectivity index (χ3v) is 4.79. The maximum atomic E-state index is 14.2. The Bertz CT molecular complexity index is 1220. The van der Waals surface area contributed by atoms with Crippen molar-refractivity contribution in [3.63, 3.8) is 0 Å². The Morgan fingerprint density at radius 3 is 2.42 bits per heavy atom. The molecule has 1 aromatic heterocycles. The highest BCUT2D eigenvalue weighted by atomic mass is 19.1. The van der Waals surface area contributed by atoms with Crippen molar-refractivity contribution in [2.75, 3.05) is 11.9 Å². The first-order valence-electron chi connectivity index (χ1n) is 10.2. The summed E-state index contributed by atoms with van der Waals surface area (Å²) >= 11 is 0. The van der Waals surface area contributed by atoms with E-state index in [0.29, 0.717) is 22.5 Å². The molecule has 0 fully saturated rings. The Morgan fingerprint density at radius 2 is 1.76 bits per heavy atom. The van der Waals surface area contributed by atoms with Crippen LogP contribution in [0.3, 0.4) is 0 Å². The van der Waals surface area contributed by atoms with Crippen LogP contribution in [0.1, 0.15) is 34.2 Å². The molecular weight excluding hydrogens is 427 g/mol. The molecule has 0 atom stereocenters. The minimum Gasteiger partial charge on any atom is -0.462 e. The molecule has 33 heavy (non-hydrogen) atoms. The molecule has 0 radical (unpaired) electrons. The minimum atomic E-state index is -0.969. The standard InChI is InChI=1S/C24H23FN4O4/c1-4-33-24(32)17-9-11-19(12-10-17)27-22(30)23(31)28-26-14-18-13-15(2)29(16(18)3)21-8-6-5-7-20(21)25/h5-14H,4H2,1-3H3,(H,27,30)(H,28,31)/b26-14-. The quantitative estimate of drug-likeness (QED) is 0.260. The molecule has 0 aliphatic carbocycles. The molecule has 0 saturated carbocycles. The van der Waals surface area contributed by atoms with E-state index >= 15 is 0 Å². The van der Waals surface area contributed by atoms with Crippen LogP contribution in [-0.2, 0) is 14.3 Å². The Morgan fingerprint density at radius 1 is 1.06 bits per heavy atom. The number of amides is 2. The van der Waals surface area contributed by atoms with Gasteiger partial charge in [0.1, 0.15) is 5.82 Å². The molecule has 0 bridgehead atoms. The minimum absolute atomic E-state index is 0.255. The molecule has 2 amide bonds. The highest BCUT2D eigenvalue weighted by Crippen LogP contribution is 2.21. The second-order valence-corrected chi connectivity index (χ2v) is 7.06. The summed E-state index contributed by atoms with van der Waals surface area (Å²) in [6, 6.07) is 14.1. The summed E-state index contributed by atoms with van der Waals surface area (Å²) in [5, 5.41) is 6.26. The average Bonchev–Trinajstić information content (AvgIpc) is 3.07. The molecule has 170 valence electrons. The topological polar surface area (TPSA) is 102 Å². The maximum absolute atomic E-state index is 14.2. The van der Waals surface area contributed by atoms with Gasteiger partial charge in [-0.3, -0.25) is 9.59 Å². The number of esters is 1. The van der Waals surface area contributed by atoms with Crippen LogP contribution in [0.25, 0.3) is 5.69 Å². The summed E-state index contributed by atoms with van der Waals surface area (Å²) in [5.74, 6) is -2.73. The number of benzene rings is 2. The number of aryl methyl sites for hydroxylation is 1. The van der Waals surface area contributed by atoms with Gasteiger partial charge in [0.2, 0.25) is 0 Å². The number of nitrogens with one attached hydrogen (secondary N) is 2. The van der Waals surface area contributed by atoms with E-state index in [-0.39, 0.29) is 12.4 Å². The Balaban J connectivity index is 1.62. The fourth-order valence-electron chi connectivity index (χ4n) is 3.23. The number of hydrogen-bond acceptors (Lipinski definition) is 5. The van der Waals surface area contributed by atoms with Crippen molar-refractivity contribution in [2.24, 2.45) is 5.10 Å². The monoisotopic (exact) mass is 450 g/mol. The zero-order chi connectivity index (χ0) is 24.0. The van der Waals surface area contributed by atoms with Gasteiger partial charge in [-0.15, -0.1) is 0 Å². The third kappa shape index (κ3) is 5.51. The van der Waals surface area contributed by atoms with Gasteiger partial charge in [-0.05, 0) is 63.2 Å². The summed E-state index contributed by atoms with van der Waals surface area (Å²) in [4.78, 5) is 35.8. The molecule has 3 rings (SSSR count). The Hall–Kier alpha value is -4.27. The molecule has 3 aromatic rings. The lowest BCUT2D eigenvalue weighted by atomic mass is 10.2. The van der Waals surface area contributed by atoms with E-state index in [2.05, 4.69) is 15.8 Å². The van der Waals surface area contributed by atoms with Gasteiger partial charge in [0.15, 0.2) is 0 Å². The zero-order valence-corrected chi connectivity index (χ0v) is 18.4. The van der Waals surface area contributed by atoms with Crippen LogP contribution in [0.2, 0.25) is 0 Å². The molecule has 0 spiro atoms. The van der Waals surface area contributed by atoms with Crippen LogP contribution < -0.4 is 10.7 Å². The summed E-state index contributed by atoms with van der Waals surface area (Å²) in [6.07, 6.45) is 1.39. The van der Waals surface area contributed by atoms with Crippen molar-refractivity contribution in [1.82, 2.24) is 9.99 Å². The van der Waals surface area contributed by atoms with Gasteiger partial charge in [0, 0.05) is 22.6 Å². The van der Waals surface area contributed by atoms with Crippen molar-refractivity contribution in [1.29, 1.82) is 0 Å². The first kappa shape index (κ1) is 23.4. The summed E-state index contributed by atoms with van der Waals surface area (Å²) < 4.78 is 20.8. The van der Waals surface area contributed by atoms with Gasteiger partial charge >= 0.3 is 17.8 Å². The van der Waals surface area contributed by atoms with Gasteiger partial charge in [-0.1, -0.05) is 12.1 Å². The number of halogens is 1. The highest BCUT2D eigenvalue weighted by Gasteiger charge is 2.15. The smallest absolute Gasteiger partial charge is 0.338 e.